The second kappa shape index (κ2) is 15.9. The molecule has 6 rings (SSSR count). The summed E-state index contributed by atoms with van der Waals surface area (Å²) in [6, 6.07) is 16.4. The van der Waals surface area contributed by atoms with E-state index in [0.29, 0.717) is 37.4 Å². The van der Waals surface area contributed by atoms with E-state index in [1.54, 1.807) is 0 Å². The Labute approximate surface area is 314 Å². The van der Waals surface area contributed by atoms with Crippen molar-refractivity contribution in [3.8, 4) is 11.1 Å². The van der Waals surface area contributed by atoms with Gasteiger partial charge in [-0.1, -0.05) is 30.3 Å². The second-order valence-corrected chi connectivity index (χ2v) is 14.0. The molecule has 0 aliphatic carbocycles. The van der Waals surface area contributed by atoms with Gasteiger partial charge in [0, 0.05) is 52.2 Å². The predicted octanol–water partition coefficient (Wildman–Crippen LogP) is 9.93. The van der Waals surface area contributed by atoms with Crippen molar-refractivity contribution in [2.24, 2.45) is 0 Å². The maximum atomic E-state index is 12.5. The number of aromatic nitrogens is 4. The van der Waals surface area contributed by atoms with Gasteiger partial charge in [-0.25, -0.2) is 9.97 Å². The zero-order chi connectivity index (χ0) is 37.1. The number of hydrogen-bond acceptors (Lipinski definition) is 6. The van der Waals surface area contributed by atoms with Crippen molar-refractivity contribution in [1.82, 2.24) is 19.9 Å². The SMILES string of the molecule is COC(=O)CCC1=C(C)c2cc3[nH]c(cc4[nH]c(cc5nc(c(-c6ccccc6)c1n2)C(CCC(=O)OC)=C5C)c(C)c4CCCl)c(CCCl)c3C. The number of alkyl halides is 2. The van der Waals surface area contributed by atoms with Gasteiger partial charge in [0.2, 0.25) is 0 Å². The van der Waals surface area contributed by atoms with Crippen molar-refractivity contribution < 1.29 is 19.1 Å². The van der Waals surface area contributed by atoms with Crippen molar-refractivity contribution in [2.75, 3.05) is 26.0 Å². The Morgan fingerprint density at radius 3 is 1.48 bits per heavy atom. The summed E-state index contributed by atoms with van der Waals surface area (Å²) >= 11 is 12.7. The largest absolute Gasteiger partial charge is 0.469 e. The molecule has 0 radical (unpaired) electrons. The van der Waals surface area contributed by atoms with Crippen molar-refractivity contribution in [1.29, 1.82) is 0 Å². The minimum absolute atomic E-state index is 0.193. The van der Waals surface area contributed by atoms with Gasteiger partial charge in [-0.15, -0.1) is 23.2 Å². The van der Waals surface area contributed by atoms with Gasteiger partial charge >= 0.3 is 11.9 Å². The number of methoxy groups -OCH3 is 2. The number of ether oxygens (including phenoxy) is 2. The highest BCUT2D eigenvalue weighted by molar-refractivity contribution is 6.18. The Kier molecular flexibility index (Phi) is 11.4. The topological polar surface area (TPSA) is 110 Å². The minimum Gasteiger partial charge on any atom is -0.469 e. The fourth-order valence-corrected chi connectivity index (χ4v) is 7.68. The molecule has 2 aliphatic heterocycles. The van der Waals surface area contributed by atoms with Crippen LogP contribution < -0.4 is 0 Å². The zero-order valence-electron chi connectivity index (χ0n) is 30.6. The quantitative estimate of drug-likeness (QED) is 0.117. The fourth-order valence-electron chi connectivity index (χ4n) is 7.31. The van der Waals surface area contributed by atoms with Crippen molar-refractivity contribution in [3.05, 3.63) is 93.6 Å². The first-order chi connectivity index (χ1) is 25.1. The number of nitrogens with zero attached hydrogens (tertiary/aromatic N) is 2. The van der Waals surface area contributed by atoms with E-state index in [0.717, 1.165) is 101 Å². The van der Waals surface area contributed by atoms with Crippen LogP contribution in [0, 0.1) is 13.8 Å². The summed E-state index contributed by atoms with van der Waals surface area (Å²) in [7, 11) is 2.81. The van der Waals surface area contributed by atoms with Gasteiger partial charge in [0.1, 0.15) is 0 Å². The molecule has 2 N–H and O–H groups in total. The Bertz CT molecular complexity index is 2140. The summed E-state index contributed by atoms with van der Waals surface area (Å²) in [5.74, 6) is 0.358. The lowest BCUT2D eigenvalue weighted by Gasteiger charge is -2.13. The molecule has 3 aromatic heterocycles. The second-order valence-electron chi connectivity index (χ2n) is 13.2. The van der Waals surface area contributed by atoms with Gasteiger partial charge < -0.3 is 19.4 Å². The molecule has 8 bridgehead atoms. The molecule has 0 amide bonds. The number of nitrogens with one attached hydrogen (secondary N) is 2. The number of carbonyl (C=O) groups excluding carboxylic acids is 2. The van der Waals surface area contributed by atoms with Crippen LogP contribution in [0.25, 0.3) is 55.5 Å². The number of carbonyl (C=O) groups is 2. The van der Waals surface area contributed by atoms with Crippen molar-refractivity contribution >= 4 is 79.5 Å². The standard InChI is InChI=1S/C42H44Cl2N4O4/c1-23-28(16-18-43)36-22-37-29(17-19-44)24(2)33(46-37)21-35-26(4)31(13-15-39(50)52-6)42(48-35)40(27-10-8-7-9-11-27)41-30(12-14-38(49)51-5)25(3)34(47-41)20-32(23)45-36/h7-11,20-22,45-46H,12-19H2,1-6H3. The van der Waals surface area contributed by atoms with Gasteiger partial charge in [0.05, 0.1) is 37.0 Å². The Hall–Kier alpha value is -4.66. The lowest BCUT2D eigenvalue weighted by atomic mass is 9.90. The molecule has 4 aromatic rings. The molecular weight excluding hydrogens is 695 g/mol. The lowest BCUT2D eigenvalue weighted by molar-refractivity contribution is -0.141. The Morgan fingerprint density at radius 1 is 0.635 bits per heavy atom. The number of H-pyrrole nitrogens is 2. The number of hydrogen-bond donors (Lipinski definition) is 2. The summed E-state index contributed by atoms with van der Waals surface area (Å²) in [6.45, 7) is 8.33. The number of aryl methyl sites for hydroxylation is 4. The van der Waals surface area contributed by atoms with E-state index < -0.39 is 0 Å². The molecular formula is C42H44Cl2N4O4. The number of halogens is 2. The molecule has 0 saturated heterocycles. The van der Waals surface area contributed by atoms with E-state index >= 15 is 0 Å². The number of fused-ring (bicyclic) bond motifs is 8. The van der Waals surface area contributed by atoms with E-state index in [4.69, 9.17) is 42.6 Å². The van der Waals surface area contributed by atoms with E-state index in [9.17, 15) is 9.59 Å². The molecule has 0 spiro atoms. The number of benzene rings is 1. The number of aromatic amines is 2. The molecule has 270 valence electrons. The number of esters is 2. The molecule has 0 fully saturated rings. The van der Waals surface area contributed by atoms with E-state index in [2.05, 4.69) is 68.0 Å². The molecule has 52 heavy (non-hydrogen) atoms. The molecule has 0 atom stereocenters. The van der Waals surface area contributed by atoms with Crippen LogP contribution in [0.2, 0.25) is 0 Å². The van der Waals surface area contributed by atoms with Crippen LogP contribution in [0.4, 0.5) is 0 Å². The van der Waals surface area contributed by atoms with Gasteiger partial charge in [-0.05, 0) is 122 Å². The highest BCUT2D eigenvalue weighted by atomic mass is 35.5. The monoisotopic (exact) mass is 738 g/mol. The van der Waals surface area contributed by atoms with Gasteiger partial charge in [-0.2, -0.15) is 0 Å². The highest BCUT2D eigenvalue weighted by Crippen LogP contribution is 2.44. The normalized spacial score (nSPS) is 12.8. The fraction of sp³-hybridized carbons (Fsp3) is 0.333. The average molecular weight is 740 g/mol. The lowest BCUT2D eigenvalue weighted by Crippen LogP contribution is -2.02. The van der Waals surface area contributed by atoms with Crippen molar-refractivity contribution in [2.45, 2.75) is 66.2 Å². The van der Waals surface area contributed by atoms with E-state index in [1.165, 1.54) is 14.2 Å². The van der Waals surface area contributed by atoms with Crippen molar-refractivity contribution in [3.63, 3.8) is 0 Å². The third kappa shape index (κ3) is 7.19. The summed E-state index contributed by atoms with van der Waals surface area (Å²) in [5.41, 5.74) is 16.9. The van der Waals surface area contributed by atoms with Crippen LogP contribution in [0.3, 0.4) is 0 Å². The third-order valence-corrected chi connectivity index (χ3v) is 10.7. The Balaban J connectivity index is 1.83. The maximum absolute atomic E-state index is 12.5. The third-order valence-electron chi connectivity index (χ3n) is 10.3. The van der Waals surface area contributed by atoms with Crippen LogP contribution in [-0.4, -0.2) is 57.9 Å². The van der Waals surface area contributed by atoms with Gasteiger partial charge in [0.15, 0.2) is 0 Å². The van der Waals surface area contributed by atoms with Gasteiger partial charge in [-0.3, -0.25) is 9.59 Å². The molecule has 10 heteroatoms. The smallest absolute Gasteiger partial charge is 0.305 e. The first-order valence-electron chi connectivity index (χ1n) is 17.6. The molecule has 5 heterocycles. The molecule has 0 unspecified atom stereocenters. The first-order valence-corrected chi connectivity index (χ1v) is 18.6. The maximum Gasteiger partial charge on any atom is 0.305 e. The van der Waals surface area contributed by atoms with Crippen LogP contribution in [0.5, 0.6) is 0 Å². The summed E-state index contributed by atoms with van der Waals surface area (Å²) in [5, 5.41) is 0. The Morgan fingerprint density at radius 2 is 1.08 bits per heavy atom. The van der Waals surface area contributed by atoms with Crippen LogP contribution >= 0.6 is 23.2 Å². The summed E-state index contributed by atoms with van der Waals surface area (Å²) < 4.78 is 10.1. The van der Waals surface area contributed by atoms with Crippen LogP contribution in [-0.2, 0) is 31.9 Å². The molecule has 0 saturated carbocycles. The molecule has 1 aromatic carbocycles. The first kappa shape index (κ1) is 37.1. The number of allylic oxidation sites excluding steroid dienone is 4. The van der Waals surface area contributed by atoms with Crippen LogP contribution in [0.15, 0.2) is 48.5 Å². The molecule has 8 nitrogen and oxygen atoms in total. The molecule has 2 aliphatic rings. The van der Waals surface area contributed by atoms with E-state index in [-0.39, 0.29) is 24.8 Å². The zero-order valence-corrected chi connectivity index (χ0v) is 32.1. The summed E-state index contributed by atoms with van der Waals surface area (Å²) in [4.78, 5) is 43.2. The predicted molar refractivity (Wildman–Crippen MR) is 212 cm³/mol. The summed E-state index contributed by atoms with van der Waals surface area (Å²) in [6.07, 6.45) is 2.62. The number of rotatable bonds is 11. The minimum atomic E-state index is -0.296. The van der Waals surface area contributed by atoms with Gasteiger partial charge in [0.25, 0.3) is 0 Å². The average Bonchev–Trinajstić information content (AvgIpc) is 3.81. The highest BCUT2D eigenvalue weighted by Gasteiger charge is 2.28. The van der Waals surface area contributed by atoms with Crippen LogP contribution in [0.1, 0.15) is 84.6 Å². The van der Waals surface area contributed by atoms with E-state index in [1.807, 2.05) is 18.2 Å².